The summed E-state index contributed by atoms with van der Waals surface area (Å²) in [7, 11) is 1.94. The van der Waals surface area contributed by atoms with Crippen LogP contribution in [0.25, 0.3) is 11.5 Å². The Bertz CT molecular complexity index is 1160. The Balaban J connectivity index is 1.09. The van der Waals surface area contributed by atoms with E-state index in [9.17, 15) is 13.2 Å². The van der Waals surface area contributed by atoms with E-state index in [0.29, 0.717) is 11.7 Å². The van der Waals surface area contributed by atoms with Gasteiger partial charge < -0.3 is 9.47 Å². The van der Waals surface area contributed by atoms with Gasteiger partial charge in [0.2, 0.25) is 0 Å². The minimum Gasteiger partial charge on any atom is -0.304 e. The van der Waals surface area contributed by atoms with Gasteiger partial charge in [0, 0.05) is 25.5 Å². The van der Waals surface area contributed by atoms with Gasteiger partial charge in [-0.15, -0.1) is 10.2 Å². The highest BCUT2D eigenvalue weighted by atomic mass is 32.2. The molecule has 6 nitrogen and oxygen atoms in total. The van der Waals surface area contributed by atoms with Crippen molar-refractivity contribution < 1.29 is 13.2 Å². The number of halogens is 3. The summed E-state index contributed by atoms with van der Waals surface area (Å²) in [6, 6.07) is 5.77. The van der Waals surface area contributed by atoms with Crippen LogP contribution >= 0.6 is 11.8 Å². The SMILES string of the molecule is Cc1cncc(-c2nnc(SCCCN3CC[C@@]4(C[C@H]4c4ccc(C(F)(F)F)cc4)C3)n2C)n1. The molecule has 1 aliphatic heterocycles. The molecule has 180 valence electrons. The molecule has 1 saturated carbocycles. The van der Waals surface area contributed by atoms with Gasteiger partial charge >= 0.3 is 6.18 Å². The number of aryl methyl sites for hydroxylation is 1. The second-order valence-corrected chi connectivity index (χ2v) is 10.4. The predicted molar refractivity (Wildman–Crippen MR) is 124 cm³/mol. The number of nitrogens with zero attached hydrogens (tertiary/aromatic N) is 6. The Morgan fingerprint density at radius 2 is 1.94 bits per heavy atom. The van der Waals surface area contributed by atoms with Crippen LogP contribution < -0.4 is 0 Å². The molecule has 3 heterocycles. The molecule has 3 aromatic rings. The van der Waals surface area contributed by atoms with Crippen molar-refractivity contribution in [3.05, 3.63) is 53.5 Å². The lowest BCUT2D eigenvalue weighted by Crippen LogP contribution is -2.23. The normalized spacial score (nSPS) is 22.6. The summed E-state index contributed by atoms with van der Waals surface area (Å²) in [6.07, 6.45) is 2.38. The molecule has 5 rings (SSSR count). The van der Waals surface area contributed by atoms with E-state index >= 15 is 0 Å². The Morgan fingerprint density at radius 3 is 2.68 bits per heavy atom. The Morgan fingerprint density at radius 1 is 1.15 bits per heavy atom. The van der Waals surface area contributed by atoms with Crippen molar-refractivity contribution in [2.45, 2.75) is 43.4 Å². The molecule has 34 heavy (non-hydrogen) atoms. The Kier molecular flexibility index (Phi) is 6.14. The van der Waals surface area contributed by atoms with E-state index in [1.54, 1.807) is 36.3 Å². The van der Waals surface area contributed by atoms with Crippen molar-refractivity contribution >= 4 is 11.8 Å². The average molecular weight is 489 g/mol. The van der Waals surface area contributed by atoms with Gasteiger partial charge in [-0.1, -0.05) is 23.9 Å². The first-order valence-corrected chi connectivity index (χ1v) is 12.4. The smallest absolute Gasteiger partial charge is 0.304 e. The van der Waals surface area contributed by atoms with Gasteiger partial charge in [-0.25, -0.2) is 4.98 Å². The molecule has 1 saturated heterocycles. The van der Waals surface area contributed by atoms with E-state index in [-0.39, 0.29) is 5.41 Å². The second-order valence-electron chi connectivity index (χ2n) is 9.38. The van der Waals surface area contributed by atoms with Crippen LogP contribution in [0.4, 0.5) is 13.2 Å². The van der Waals surface area contributed by atoms with Crippen molar-refractivity contribution in [3.8, 4) is 11.5 Å². The lowest BCUT2D eigenvalue weighted by Gasteiger charge is -2.16. The fraction of sp³-hybridized carbons (Fsp3) is 0.500. The van der Waals surface area contributed by atoms with Gasteiger partial charge in [-0.3, -0.25) is 4.98 Å². The number of likely N-dealkylation sites (tertiary alicyclic amines) is 1. The highest BCUT2D eigenvalue weighted by Gasteiger charge is 2.57. The highest BCUT2D eigenvalue weighted by Crippen LogP contribution is 2.64. The van der Waals surface area contributed by atoms with Crippen LogP contribution in [0.2, 0.25) is 0 Å². The lowest BCUT2D eigenvalue weighted by atomic mass is 9.97. The van der Waals surface area contributed by atoms with Gasteiger partial charge in [0.1, 0.15) is 5.69 Å². The fourth-order valence-electron chi connectivity index (χ4n) is 5.04. The Hall–Kier alpha value is -2.46. The first-order valence-electron chi connectivity index (χ1n) is 11.5. The number of alkyl halides is 3. The zero-order valence-corrected chi connectivity index (χ0v) is 20.0. The first kappa shape index (κ1) is 23.3. The quantitative estimate of drug-likeness (QED) is 0.346. The molecule has 0 radical (unpaired) electrons. The van der Waals surface area contributed by atoms with Crippen LogP contribution in [-0.2, 0) is 13.2 Å². The average Bonchev–Trinajstić information content (AvgIpc) is 3.14. The lowest BCUT2D eigenvalue weighted by molar-refractivity contribution is -0.137. The van der Waals surface area contributed by atoms with Crippen molar-refractivity contribution in [1.29, 1.82) is 0 Å². The number of aromatic nitrogens is 5. The molecule has 2 aromatic heterocycles. The number of benzene rings is 1. The number of hydrogen-bond donors (Lipinski definition) is 0. The summed E-state index contributed by atoms with van der Waals surface area (Å²) in [5.74, 6) is 2.04. The van der Waals surface area contributed by atoms with E-state index in [4.69, 9.17) is 0 Å². The van der Waals surface area contributed by atoms with Gasteiger partial charge in [0.15, 0.2) is 11.0 Å². The minimum atomic E-state index is -4.27. The van der Waals surface area contributed by atoms with Gasteiger partial charge in [-0.2, -0.15) is 13.2 Å². The maximum Gasteiger partial charge on any atom is 0.416 e. The maximum absolute atomic E-state index is 12.8. The summed E-state index contributed by atoms with van der Waals surface area (Å²) >= 11 is 1.69. The highest BCUT2D eigenvalue weighted by molar-refractivity contribution is 7.99. The molecule has 10 heteroatoms. The monoisotopic (exact) mass is 488 g/mol. The summed E-state index contributed by atoms with van der Waals surface area (Å²) < 4.78 is 40.4. The third-order valence-corrected chi connectivity index (χ3v) is 8.07. The van der Waals surface area contributed by atoms with Crippen molar-refractivity contribution in [2.75, 3.05) is 25.4 Å². The molecular formula is C24H27F3N6S. The van der Waals surface area contributed by atoms with E-state index in [1.807, 2.05) is 18.5 Å². The van der Waals surface area contributed by atoms with Crippen molar-refractivity contribution in [1.82, 2.24) is 29.6 Å². The molecule has 1 spiro atoms. The topological polar surface area (TPSA) is 59.7 Å². The number of rotatable bonds is 7. The summed E-state index contributed by atoms with van der Waals surface area (Å²) in [5.41, 5.74) is 2.28. The third kappa shape index (κ3) is 4.70. The molecule has 0 bridgehead atoms. The Labute approximate surface area is 201 Å². The zero-order chi connectivity index (χ0) is 23.9. The molecule has 2 aliphatic rings. The van der Waals surface area contributed by atoms with E-state index in [0.717, 1.165) is 66.8 Å². The van der Waals surface area contributed by atoms with Gasteiger partial charge in [0.05, 0.1) is 17.5 Å². The van der Waals surface area contributed by atoms with Crippen molar-refractivity contribution in [2.24, 2.45) is 12.5 Å². The third-order valence-electron chi connectivity index (χ3n) is 6.96. The molecule has 1 aromatic carbocycles. The minimum absolute atomic E-state index is 0.250. The van der Waals surface area contributed by atoms with Crippen LogP contribution in [0, 0.1) is 12.3 Å². The summed E-state index contributed by atoms with van der Waals surface area (Å²) in [6.45, 7) is 5.01. The van der Waals surface area contributed by atoms with E-state index in [1.165, 1.54) is 12.1 Å². The summed E-state index contributed by atoms with van der Waals surface area (Å²) in [5, 5.41) is 9.46. The van der Waals surface area contributed by atoms with Crippen molar-refractivity contribution in [3.63, 3.8) is 0 Å². The molecular weight excluding hydrogens is 461 g/mol. The fourth-order valence-corrected chi connectivity index (χ4v) is 5.87. The molecule has 0 unspecified atom stereocenters. The van der Waals surface area contributed by atoms with Crippen LogP contribution in [0.15, 0.2) is 41.8 Å². The standard InChI is InChI=1S/C24H27F3N6S/c1-16-13-28-14-20(29-16)21-30-31-22(32(21)2)34-11-3-9-33-10-8-23(15-33)12-19(23)17-4-6-18(7-5-17)24(25,26)27/h4-7,13-14,19H,3,8-12,15H2,1-2H3/t19-,23+/m0/s1. The largest absolute Gasteiger partial charge is 0.416 e. The second kappa shape index (κ2) is 8.96. The van der Waals surface area contributed by atoms with Gasteiger partial charge in [-0.05, 0) is 68.3 Å². The first-order chi connectivity index (χ1) is 16.2. The van der Waals surface area contributed by atoms with Crippen LogP contribution in [0.3, 0.4) is 0 Å². The molecule has 2 fully saturated rings. The zero-order valence-electron chi connectivity index (χ0n) is 19.2. The molecule has 0 N–H and O–H groups in total. The number of hydrogen-bond acceptors (Lipinski definition) is 6. The molecule has 2 atom stereocenters. The maximum atomic E-state index is 12.8. The predicted octanol–water partition coefficient (Wildman–Crippen LogP) is 4.96. The van der Waals surface area contributed by atoms with Crippen LogP contribution in [0.5, 0.6) is 0 Å². The number of thioether (sulfide) groups is 1. The summed E-state index contributed by atoms with van der Waals surface area (Å²) in [4.78, 5) is 11.2. The van der Waals surface area contributed by atoms with Crippen LogP contribution in [-0.4, -0.2) is 55.0 Å². The molecule has 0 amide bonds. The van der Waals surface area contributed by atoms with E-state index in [2.05, 4.69) is 25.1 Å². The van der Waals surface area contributed by atoms with E-state index < -0.39 is 11.7 Å². The molecule has 1 aliphatic carbocycles. The van der Waals surface area contributed by atoms with Gasteiger partial charge in [0.25, 0.3) is 0 Å². The van der Waals surface area contributed by atoms with Crippen LogP contribution in [0.1, 0.15) is 42.0 Å².